The van der Waals surface area contributed by atoms with Crippen molar-refractivity contribution < 1.29 is 0 Å². The summed E-state index contributed by atoms with van der Waals surface area (Å²) in [5, 5.41) is 0.255. The lowest BCUT2D eigenvalue weighted by atomic mass is 10.1. The minimum Gasteiger partial charge on any atom is -0.347 e. The van der Waals surface area contributed by atoms with E-state index in [1.54, 1.807) is 0 Å². The highest BCUT2D eigenvalue weighted by atomic mass is 35.5. The van der Waals surface area contributed by atoms with Gasteiger partial charge in [-0.1, -0.05) is 13.8 Å². The summed E-state index contributed by atoms with van der Waals surface area (Å²) in [7, 11) is 3.80. The van der Waals surface area contributed by atoms with E-state index in [0.717, 1.165) is 25.3 Å². The van der Waals surface area contributed by atoms with Crippen LogP contribution in [0.25, 0.3) is 0 Å². The SMILES string of the molecule is CN(C)c1nc(Cl)nc(N2CCSC(C)(C)CC2)n1. The zero-order chi connectivity index (χ0) is 14.0. The average molecular weight is 302 g/mol. The Labute approximate surface area is 123 Å². The molecule has 0 atom stereocenters. The molecule has 19 heavy (non-hydrogen) atoms. The lowest BCUT2D eigenvalue weighted by Crippen LogP contribution is -2.29. The fourth-order valence-electron chi connectivity index (χ4n) is 1.89. The summed E-state index contributed by atoms with van der Waals surface area (Å²) in [6, 6.07) is 0. The quantitative estimate of drug-likeness (QED) is 0.835. The van der Waals surface area contributed by atoms with Crippen LogP contribution in [0.4, 0.5) is 11.9 Å². The first-order valence-corrected chi connectivity index (χ1v) is 7.71. The lowest BCUT2D eigenvalue weighted by Gasteiger charge is -2.23. The van der Waals surface area contributed by atoms with E-state index >= 15 is 0 Å². The molecule has 5 nitrogen and oxygen atoms in total. The first-order chi connectivity index (χ1) is 8.87. The van der Waals surface area contributed by atoms with Crippen molar-refractivity contribution in [3.8, 4) is 0 Å². The van der Waals surface area contributed by atoms with E-state index in [4.69, 9.17) is 11.6 Å². The number of nitrogens with zero attached hydrogens (tertiary/aromatic N) is 5. The molecule has 0 spiro atoms. The van der Waals surface area contributed by atoms with Crippen molar-refractivity contribution in [3.63, 3.8) is 0 Å². The van der Waals surface area contributed by atoms with Crippen LogP contribution in [0.5, 0.6) is 0 Å². The van der Waals surface area contributed by atoms with Gasteiger partial charge in [-0.2, -0.15) is 26.7 Å². The number of thioether (sulfide) groups is 1. The summed E-state index contributed by atoms with van der Waals surface area (Å²) in [5.41, 5.74) is 0. The molecule has 1 aromatic heterocycles. The molecular weight excluding hydrogens is 282 g/mol. The molecule has 106 valence electrons. The third kappa shape index (κ3) is 3.86. The van der Waals surface area contributed by atoms with Crippen molar-refractivity contribution in [1.29, 1.82) is 0 Å². The fourth-order valence-corrected chi connectivity index (χ4v) is 3.14. The van der Waals surface area contributed by atoms with Gasteiger partial charge in [-0.15, -0.1) is 0 Å². The summed E-state index contributed by atoms with van der Waals surface area (Å²) < 4.78 is 0.315. The van der Waals surface area contributed by atoms with Gasteiger partial charge >= 0.3 is 0 Å². The number of aromatic nitrogens is 3. The Morgan fingerprint density at radius 3 is 2.63 bits per heavy atom. The van der Waals surface area contributed by atoms with E-state index in [9.17, 15) is 0 Å². The van der Waals surface area contributed by atoms with Crippen LogP contribution in [0.1, 0.15) is 20.3 Å². The second-order valence-electron chi connectivity index (χ2n) is 5.44. The first kappa shape index (κ1) is 14.7. The highest BCUT2D eigenvalue weighted by Crippen LogP contribution is 2.31. The summed E-state index contributed by atoms with van der Waals surface area (Å²) in [6.45, 7) is 6.47. The summed E-state index contributed by atoms with van der Waals surface area (Å²) in [6.07, 6.45) is 1.11. The van der Waals surface area contributed by atoms with Crippen LogP contribution in [0.15, 0.2) is 0 Å². The lowest BCUT2D eigenvalue weighted by molar-refractivity contribution is 0.631. The Balaban J connectivity index is 2.21. The highest BCUT2D eigenvalue weighted by Gasteiger charge is 2.25. The smallest absolute Gasteiger partial charge is 0.231 e. The van der Waals surface area contributed by atoms with Crippen molar-refractivity contribution in [2.24, 2.45) is 0 Å². The van der Waals surface area contributed by atoms with Crippen molar-refractivity contribution in [2.45, 2.75) is 25.0 Å². The topological polar surface area (TPSA) is 45.2 Å². The predicted octanol–water partition coefficient (Wildman–Crippen LogP) is 2.31. The number of anilines is 2. The van der Waals surface area contributed by atoms with E-state index in [1.165, 1.54) is 0 Å². The maximum Gasteiger partial charge on any atom is 0.231 e. The van der Waals surface area contributed by atoms with Crippen LogP contribution in [0.3, 0.4) is 0 Å². The second-order valence-corrected chi connectivity index (χ2v) is 7.58. The molecule has 0 bridgehead atoms. The molecule has 2 rings (SSSR count). The van der Waals surface area contributed by atoms with Gasteiger partial charge in [-0.25, -0.2) is 0 Å². The Morgan fingerprint density at radius 1 is 1.21 bits per heavy atom. The Kier molecular flexibility index (Phi) is 4.40. The van der Waals surface area contributed by atoms with Crippen LogP contribution in [0, 0.1) is 0 Å². The summed E-state index contributed by atoms with van der Waals surface area (Å²) in [4.78, 5) is 16.9. The van der Waals surface area contributed by atoms with Gasteiger partial charge in [-0.3, -0.25) is 0 Å². The molecule has 2 heterocycles. The van der Waals surface area contributed by atoms with Gasteiger partial charge in [0.1, 0.15) is 0 Å². The van der Waals surface area contributed by atoms with Crippen LogP contribution < -0.4 is 9.80 Å². The maximum atomic E-state index is 5.99. The Hall–Kier alpha value is -0.750. The zero-order valence-corrected chi connectivity index (χ0v) is 13.4. The summed E-state index contributed by atoms with van der Waals surface area (Å²) >= 11 is 7.99. The van der Waals surface area contributed by atoms with Crippen molar-refractivity contribution in [1.82, 2.24) is 15.0 Å². The zero-order valence-electron chi connectivity index (χ0n) is 11.9. The minimum absolute atomic E-state index is 0.255. The van der Waals surface area contributed by atoms with E-state index in [1.807, 2.05) is 30.8 Å². The van der Waals surface area contributed by atoms with Crippen molar-refractivity contribution >= 4 is 35.3 Å². The third-order valence-corrected chi connectivity index (χ3v) is 4.65. The van der Waals surface area contributed by atoms with Gasteiger partial charge < -0.3 is 9.80 Å². The van der Waals surface area contributed by atoms with Gasteiger partial charge in [0.15, 0.2) is 0 Å². The van der Waals surface area contributed by atoms with Crippen molar-refractivity contribution in [2.75, 3.05) is 42.7 Å². The number of halogens is 1. The molecule has 0 N–H and O–H groups in total. The molecule has 0 saturated carbocycles. The third-order valence-electron chi connectivity index (χ3n) is 3.11. The second kappa shape index (κ2) is 5.71. The molecule has 0 aliphatic carbocycles. The maximum absolute atomic E-state index is 5.99. The highest BCUT2D eigenvalue weighted by molar-refractivity contribution is 8.00. The molecule has 1 saturated heterocycles. The molecule has 0 unspecified atom stereocenters. The number of hydrogen-bond donors (Lipinski definition) is 0. The van der Waals surface area contributed by atoms with Gasteiger partial charge in [0, 0.05) is 37.7 Å². The van der Waals surface area contributed by atoms with Gasteiger partial charge in [0.2, 0.25) is 17.2 Å². The van der Waals surface area contributed by atoms with E-state index in [0.29, 0.717) is 16.6 Å². The van der Waals surface area contributed by atoms with Gasteiger partial charge in [-0.05, 0) is 18.0 Å². The molecule has 1 aromatic rings. The first-order valence-electron chi connectivity index (χ1n) is 6.35. The minimum atomic E-state index is 0.255. The average Bonchev–Trinajstić information content (AvgIpc) is 2.49. The molecule has 1 aliphatic heterocycles. The van der Waals surface area contributed by atoms with Crippen LogP contribution >= 0.6 is 23.4 Å². The molecular formula is C12H20ClN5S. The molecule has 0 amide bonds. The van der Waals surface area contributed by atoms with Gasteiger partial charge in [0.25, 0.3) is 0 Å². The fraction of sp³-hybridized carbons (Fsp3) is 0.750. The number of rotatable bonds is 2. The van der Waals surface area contributed by atoms with E-state index in [2.05, 4.69) is 33.7 Å². The summed E-state index contributed by atoms with van der Waals surface area (Å²) in [5.74, 6) is 2.36. The van der Waals surface area contributed by atoms with E-state index < -0.39 is 0 Å². The van der Waals surface area contributed by atoms with Crippen LogP contribution in [-0.2, 0) is 0 Å². The van der Waals surface area contributed by atoms with Crippen LogP contribution in [-0.4, -0.2) is 52.6 Å². The largest absolute Gasteiger partial charge is 0.347 e. The normalized spacial score (nSPS) is 19.1. The van der Waals surface area contributed by atoms with E-state index in [-0.39, 0.29) is 5.28 Å². The standard InChI is InChI=1S/C12H20ClN5S/c1-12(2)5-6-18(7-8-19-12)11-15-9(13)14-10(16-11)17(3)4/h5-8H2,1-4H3. The molecule has 0 aromatic carbocycles. The van der Waals surface area contributed by atoms with Gasteiger partial charge in [0.05, 0.1) is 0 Å². The Bertz CT molecular complexity index is 452. The predicted molar refractivity (Wildman–Crippen MR) is 82.5 cm³/mol. The molecule has 7 heteroatoms. The molecule has 1 aliphatic rings. The monoisotopic (exact) mass is 301 g/mol. The van der Waals surface area contributed by atoms with Crippen molar-refractivity contribution in [3.05, 3.63) is 5.28 Å². The van der Waals surface area contributed by atoms with Crippen LogP contribution in [0.2, 0.25) is 5.28 Å². The Morgan fingerprint density at radius 2 is 1.95 bits per heavy atom. The molecule has 1 fully saturated rings. The molecule has 0 radical (unpaired) electrons. The number of hydrogen-bond acceptors (Lipinski definition) is 6.